The number of carbonyl (C=O) groups is 1. The standard InChI is InChI=1S/C21H36O4/c1-2-3-4-5-6-7-8-9-10-11-12-13-14-15-16-17-19(23)21(25)20(24)18-22/h3-4,6-7,9-10,20-22,24-25H,2,5,8,11-18H2,1H3/b4-3-,7-6-,10-9-/t20-,21?/m1/s1. The molecule has 4 nitrogen and oxygen atoms in total. The van der Waals surface area contributed by atoms with Gasteiger partial charge in [0.25, 0.3) is 0 Å². The van der Waals surface area contributed by atoms with Gasteiger partial charge in [-0.15, -0.1) is 0 Å². The second-order valence-electron chi connectivity index (χ2n) is 6.26. The Kier molecular flexibility index (Phi) is 16.7. The fourth-order valence-electron chi connectivity index (χ4n) is 2.38. The number of carbonyl (C=O) groups excluding carboxylic acids is 1. The van der Waals surface area contributed by atoms with Crippen molar-refractivity contribution >= 4 is 5.78 Å². The van der Waals surface area contributed by atoms with E-state index in [0.717, 1.165) is 57.8 Å². The van der Waals surface area contributed by atoms with Crippen LogP contribution in [0.2, 0.25) is 0 Å². The molecule has 0 spiro atoms. The van der Waals surface area contributed by atoms with Crippen LogP contribution in [0.3, 0.4) is 0 Å². The molecule has 0 fully saturated rings. The molecule has 3 N–H and O–H groups in total. The second-order valence-corrected chi connectivity index (χ2v) is 6.26. The normalized spacial score (nSPS) is 14.7. The van der Waals surface area contributed by atoms with E-state index >= 15 is 0 Å². The first kappa shape index (κ1) is 23.8. The molecule has 4 heteroatoms. The van der Waals surface area contributed by atoms with E-state index in [0.29, 0.717) is 0 Å². The van der Waals surface area contributed by atoms with Crippen LogP contribution in [0, 0.1) is 0 Å². The van der Waals surface area contributed by atoms with Crippen molar-refractivity contribution in [2.24, 2.45) is 0 Å². The van der Waals surface area contributed by atoms with Gasteiger partial charge in [0.05, 0.1) is 6.61 Å². The first-order valence-corrected chi connectivity index (χ1v) is 9.58. The SMILES string of the molecule is CC/C=C\C/C=C\C/C=C\CCCCCCCC(=O)C(O)[C@H](O)CO. The Hall–Kier alpha value is -1.23. The number of hydrogen-bond acceptors (Lipinski definition) is 4. The van der Waals surface area contributed by atoms with Gasteiger partial charge in [0.2, 0.25) is 0 Å². The molecule has 0 heterocycles. The van der Waals surface area contributed by atoms with Crippen molar-refractivity contribution in [2.75, 3.05) is 6.61 Å². The van der Waals surface area contributed by atoms with E-state index in [1.807, 2.05) is 0 Å². The summed E-state index contributed by atoms with van der Waals surface area (Å²) in [6.45, 7) is 1.55. The zero-order chi connectivity index (χ0) is 18.8. The van der Waals surface area contributed by atoms with Crippen molar-refractivity contribution < 1.29 is 20.1 Å². The number of allylic oxidation sites excluding steroid dienone is 6. The van der Waals surface area contributed by atoms with Gasteiger partial charge in [-0.25, -0.2) is 0 Å². The molecular weight excluding hydrogens is 316 g/mol. The van der Waals surface area contributed by atoms with Crippen LogP contribution >= 0.6 is 0 Å². The molecule has 0 rings (SSSR count). The van der Waals surface area contributed by atoms with E-state index in [1.54, 1.807) is 0 Å². The van der Waals surface area contributed by atoms with E-state index in [1.165, 1.54) is 0 Å². The highest BCUT2D eigenvalue weighted by Crippen LogP contribution is 2.10. The topological polar surface area (TPSA) is 77.8 Å². The van der Waals surface area contributed by atoms with Crippen molar-refractivity contribution in [1.29, 1.82) is 0 Å². The fourth-order valence-corrected chi connectivity index (χ4v) is 2.38. The van der Waals surface area contributed by atoms with Crippen molar-refractivity contribution in [3.8, 4) is 0 Å². The molecule has 0 aromatic heterocycles. The number of aliphatic hydroxyl groups is 3. The Morgan fingerprint density at radius 3 is 2.04 bits per heavy atom. The number of hydrogen-bond donors (Lipinski definition) is 3. The van der Waals surface area contributed by atoms with Gasteiger partial charge in [0, 0.05) is 6.42 Å². The van der Waals surface area contributed by atoms with Gasteiger partial charge in [-0.2, -0.15) is 0 Å². The van der Waals surface area contributed by atoms with Crippen molar-refractivity contribution in [1.82, 2.24) is 0 Å². The summed E-state index contributed by atoms with van der Waals surface area (Å²) in [6, 6.07) is 0. The van der Waals surface area contributed by atoms with Crippen LogP contribution in [0.15, 0.2) is 36.5 Å². The second kappa shape index (κ2) is 17.6. The van der Waals surface area contributed by atoms with Crippen molar-refractivity contribution in [2.45, 2.75) is 83.3 Å². The van der Waals surface area contributed by atoms with E-state index in [2.05, 4.69) is 43.4 Å². The average Bonchev–Trinajstić information content (AvgIpc) is 2.63. The molecule has 0 aliphatic rings. The summed E-state index contributed by atoms with van der Waals surface area (Å²) in [5.74, 6) is -0.386. The summed E-state index contributed by atoms with van der Waals surface area (Å²) in [5.41, 5.74) is 0. The van der Waals surface area contributed by atoms with Gasteiger partial charge >= 0.3 is 0 Å². The van der Waals surface area contributed by atoms with Crippen LogP contribution in [0.25, 0.3) is 0 Å². The monoisotopic (exact) mass is 352 g/mol. The number of ketones is 1. The average molecular weight is 353 g/mol. The lowest BCUT2D eigenvalue weighted by Gasteiger charge is -2.13. The van der Waals surface area contributed by atoms with Crippen molar-refractivity contribution in [3.05, 3.63) is 36.5 Å². The first-order chi connectivity index (χ1) is 12.1. The Labute approximate surface area is 153 Å². The summed E-state index contributed by atoms with van der Waals surface area (Å²) >= 11 is 0. The summed E-state index contributed by atoms with van der Waals surface area (Å²) in [7, 11) is 0. The predicted molar refractivity (Wildman–Crippen MR) is 103 cm³/mol. The van der Waals surface area contributed by atoms with Crippen molar-refractivity contribution in [3.63, 3.8) is 0 Å². The Balaban J connectivity index is 3.45. The Morgan fingerprint density at radius 1 is 0.840 bits per heavy atom. The lowest BCUT2D eigenvalue weighted by atomic mass is 10.0. The number of aliphatic hydroxyl groups excluding tert-OH is 3. The summed E-state index contributed by atoms with van der Waals surface area (Å²) in [6.07, 6.45) is 19.8. The molecule has 0 aromatic rings. The Bertz CT molecular complexity index is 399. The zero-order valence-corrected chi connectivity index (χ0v) is 15.6. The fraction of sp³-hybridized carbons (Fsp3) is 0.667. The predicted octanol–water partition coefficient (Wildman–Crippen LogP) is 3.86. The van der Waals surface area contributed by atoms with Crippen LogP contribution in [-0.4, -0.2) is 39.9 Å². The maximum atomic E-state index is 11.5. The Morgan fingerprint density at radius 2 is 1.40 bits per heavy atom. The largest absolute Gasteiger partial charge is 0.394 e. The van der Waals surface area contributed by atoms with Gasteiger partial charge in [0.15, 0.2) is 5.78 Å². The summed E-state index contributed by atoms with van der Waals surface area (Å²) < 4.78 is 0. The summed E-state index contributed by atoms with van der Waals surface area (Å²) in [5, 5.41) is 27.3. The highest BCUT2D eigenvalue weighted by molar-refractivity contribution is 5.83. The van der Waals surface area contributed by atoms with Gasteiger partial charge < -0.3 is 15.3 Å². The molecule has 25 heavy (non-hydrogen) atoms. The molecule has 1 unspecified atom stereocenters. The van der Waals surface area contributed by atoms with Crippen LogP contribution < -0.4 is 0 Å². The maximum absolute atomic E-state index is 11.5. The highest BCUT2D eigenvalue weighted by Gasteiger charge is 2.22. The molecule has 0 bridgehead atoms. The third-order valence-electron chi connectivity index (χ3n) is 3.96. The van der Waals surface area contributed by atoms with Crippen LogP contribution in [0.5, 0.6) is 0 Å². The van der Waals surface area contributed by atoms with E-state index in [-0.39, 0.29) is 12.2 Å². The smallest absolute Gasteiger partial charge is 0.164 e. The number of unbranched alkanes of at least 4 members (excludes halogenated alkanes) is 5. The molecule has 144 valence electrons. The van der Waals surface area contributed by atoms with Gasteiger partial charge in [-0.3, -0.25) is 4.79 Å². The summed E-state index contributed by atoms with van der Waals surface area (Å²) in [4.78, 5) is 11.5. The number of Topliss-reactive ketones (excluding diaryl/α,β-unsaturated/α-hetero) is 1. The molecular formula is C21H36O4. The molecule has 0 saturated heterocycles. The molecule has 0 radical (unpaired) electrons. The lowest BCUT2D eigenvalue weighted by molar-refractivity contribution is -0.134. The highest BCUT2D eigenvalue weighted by atomic mass is 16.4. The van der Waals surface area contributed by atoms with Crippen LogP contribution in [0.1, 0.15) is 71.1 Å². The van der Waals surface area contributed by atoms with Gasteiger partial charge in [-0.05, 0) is 38.5 Å². The van der Waals surface area contributed by atoms with E-state index < -0.39 is 18.8 Å². The van der Waals surface area contributed by atoms with E-state index in [9.17, 15) is 15.0 Å². The van der Waals surface area contributed by atoms with Crippen LogP contribution in [-0.2, 0) is 4.79 Å². The van der Waals surface area contributed by atoms with Gasteiger partial charge in [-0.1, -0.05) is 62.6 Å². The third-order valence-corrected chi connectivity index (χ3v) is 3.96. The minimum Gasteiger partial charge on any atom is -0.394 e. The minimum absolute atomic E-state index is 0.262. The van der Waals surface area contributed by atoms with Gasteiger partial charge in [0.1, 0.15) is 12.2 Å². The zero-order valence-electron chi connectivity index (χ0n) is 15.6. The molecule has 0 amide bonds. The molecule has 0 aliphatic carbocycles. The molecule has 0 aliphatic heterocycles. The maximum Gasteiger partial charge on any atom is 0.164 e. The van der Waals surface area contributed by atoms with Crippen LogP contribution in [0.4, 0.5) is 0 Å². The molecule has 2 atom stereocenters. The first-order valence-electron chi connectivity index (χ1n) is 9.58. The molecule has 0 aromatic carbocycles. The van der Waals surface area contributed by atoms with E-state index in [4.69, 9.17) is 5.11 Å². The minimum atomic E-state index is -1.45. The number of rotatable bonds is 16. The molecule has 0 saturated carbocycles. The quantitative estimate of drug-likeness (QED) is 0.291. The third kappa shape index (κ3) is 14.8. The lowest BCUT2D eigenvalue weighted by Crippen LogP contribution is -2.36.